The van der Waals surface area contributed by atoms with E-state index in [9.17, 15) is 18.0 Å². The lowest BCUT2D eigenvalue weighted by atomic mass is 10.2. The van der Waals surface area contributed by atoms with Crippen LogP contribution in [0.15, 0.2) is 18.5 Å². The third-order valence-electron chi connectivity index (χ3n) is 4.00. The van der Waals surface area contributed by atoms with Gasteiger partial charge in [-0.05, 0) is 36.5 Å². The number of nitrogens with one attached hydrogen (secondary N) is 2. The Hall–Kier alpha value is -2.58. The first-order valence-corrected chi connectivity index (χ1v) is 7.45. The molecule has 2 aromatic heterocycles. The molecule has 1 aliphatic carbocycles. The molecule has 0 fully saturated rings. The third-order valence-corrected chi connectivity index (χ3v) is 4.00. The van der Waals surface area contributed by atoms with E-state index in [1.54, 1.807) is 12.3 Å². The summed E-state index contributed by atoms with van der Waals surface area (Å²) in [5.41, 5.74) is 1.34. The molecule has 2 amide bonds. The minimum absolute atomic E-state index is 0.112. The molecule has 0 spiro atoms. The Morgan fingerprint density at radius 3 is 2.79 bits per heavy atom. The van der Waals surface area contributed by atoms with E-state index in [2.05, 4.69) is 20.7 Å². The van der Waals surface area contributed by atoms with Crippen LogP contribution >= 0.6 is 0 Å². The monoisotopic (exact) mass is 339 g/mol. The summed E-state index contributed by atoms with van der Waals surface area (Å²) in [6.07, 6.45) is 0.947. The summed E-state index contributed by atoms with van der Waals surface area (Å²) in [5, 5.41) is 8.54. The molecule has 2 N–H and O–H groups in total. The van der Waals surface area contributed by atoms with Gasteiger partial charge in [0.15, 0.2) is 0 Å². The molecule has 0 aliphatic heterocycles. The molecule has 6 nitrogen and oxygen atoms in total. The van der Waals surface area contributed by atoms with Crippen molar-refractivity contribution < 1.29 is 18.0 Å². The van der Waals surface area contributed by atoms with Gasteiger partial charge in [0.2, 0.25) is 0 Å². The number of rotatable bonds is 3. The van der Waals surface area contributed by atoms with Crippen molar-refractivity contribution in [2.45, 2.75) is 32.0 Å². The second-order valence-electron chi connectivity index (χ2n) is 5.63. The number of pyridine rings is 1. The van der Waals surface area contributed by atoms with Crippen LogP contribution < -0.4 is 10.6 Å². The van der Waals surface area contributed by atoms with Crippen LogP contribution in [0, 0.1) is 0 Å². The lowest BCUT2D eigenvalue weighted by molar-refractivity contribution is -0.138. The Morgan fingerprint density at radius 2 is 2.04 bits per heavy atom. The van der Waals surface area contributed by atoms with Gasteiger partial charge in [-0.3, -0.25) is 10.00 Å². The SMILES string of the molecule is Cn1ncc(C(F)(F)F)c1CNC(=O)Nc1cc2c(cn1)CCC2. The summed E-state index contributed by atoms with van der Waals surface area (Å²) in [7, 11) is 1.40. The van der Waals surface area contributed by atoms with Crippen LogP contribution in [0.3, 0.4) is 0 Å². The number of hydrogen-bond donors (Lipinski definition) is 2. The molecule has 0 saturated heterocycles. The highest BCUT2D eigenvalue weighted by molar-refractivity contribution is 5.88. The van der Waals surface area contributed by atoms with Crippen LogP contribution in [0.5, 0.6) is 0 Å². The zero-order valence-corrected chi connectivity index (χ0v) is 12.9. The second kappa shape index (κ2) is 6.14. The molecule has 2 heterocycles. The predicted molar refractivity (Wildman–Crippen MR) is 80.3 cm³/mol. The highest BCUT2D eigenvalue weighted by Gasteiger charge is 2.35. The lowest BCUT2D eigenvalue weighted by Crippen LogP contribution is -2.30. The van der Waals surface area contributed by atoms with E-state index in [0.29, 0.717) is 5.82 Å². The van der Waals surface area contributed by atoms with Crippen LogP contribution in [0.4, 0.5) is 23.8 Å². The predicted octanol–water partition coefficient (Wildman–Crippen LogP) is 2.64. The smallest absolute Gasteiger partial charge is 0.332 e. The van der Waals surface area contributed by atoms with Gasteiger partial charge in [-0.15, -0.1) is 0 Å². The Kier molecular flexibility index (Phi) is 4.16. The van der Waals surface area contributed by atoms with E-state index in [1.807, 2.05) is 0 Å². The molecule has 9 heteroatoms. The van der Waals surface area contributed by atoms with Gasteiger partial charge in [0, 0.05) is 13.2 Å². The fourth-order valence-electron chi connectivity index (χ4n) is 2.75. The molecule has 0 bridgehead atoms. The van der Waals surface area contributed by atoms with E-state index in [1.165, 1.54) is 12.6 Å². The van der Waals surface area contributed by atoms with Crippen LogP contribution in [0.25, 0.3) is 0 Å². The largest absolute Gasteiger partial charge is 0.419 e. The fourth-order valence-corrected chi connectivity index (χ4v) is 2.75. The molecule has 0 radical (unpaired) electrons. The Morgan fingerprint density at radius 1 is 1.29 bits per heavy atom. The molecular weight excluding hydrogens is 323 g/mol. The highest BCUT2D eigenvalue weighted by Crippen LogP contribution is 2.31. The van der Waals surface area contributed by atoms with Gasteiger partial charge in [-0.25, -0.2) is 9.78 Å². The lowest BCUT2D eigenvalue weighted by Gasteiger charge is -2.11. The number of fused-ring (bicyclic) bond motifs is 1. The molecule has 24 heavy (non-hydrogen) atoms. The normalized spacial score (nSPS) is 13.7. The Labute approximate surface area is 136 Å². The van der Waals surface area contributed by atoms with Crippen molar-refractivity contribution in [1.29, 1.82) is 0 Å². The Bertz CT molecular complexity index is 769. The highest BCUT2D eigenvalue weighted by atomic mass is 19.4. The van der Waals surface area contributed by atoms with Crippen molar-refractivity contribution in [2.24, 2.45) is 7.05 Å². The van der Waals surface area contributed by atoms with Crippen LogP contribution in [-0.4, -0.2) is 20.8 Å². The average molecular weight is 339 g/mol. The Balaban J connectivity index is 1.63. The first-order valence-electron chi connectivity index (χ1n) is 7.45. The standard InChI is InChI=1S/C15H16F3N5O/c1-23-12(11(7-21-23)15(16,17)18)8-20-14(24)22-13-5-9-3-2-4-10(9)6-19-13/h5-7H,2-4,8H2,1H3,(H2,19,20,22,24). The molecule has 0 aromatic carbocycles. The second-order valence-corrected chi connectivity index (χ2v) is 5.63. The maximum Gasteiger partial charge on any atom is 0.419 e. The zero-order valence-electron chi connectivity index (χ0n) is 12.9. The van der Waals surface area contributed by atoms with Crippen molar-refractivity contribution in [3.05, 3.63) is 40.8 Å². The summed E-state index contributed by atoms with van der Waals surface area (Å²) in [6, 6.07) is 1.18. The number of nitrogens with zero attached hydrogens (tertiary/aromatic N) is 3. The number of carbonyl (C=O) groups is 1. The maximum absolute atomic E-state index is 12.9. The topological polar surface area (TPSA) is 71.8 Å². The van der Waals surface area contributed by atoms with Gasteiger partial charge in [-0.2, -0.15) is 18.3 Å². The first kappa shape index (κ1) is 16.3. The number of aromatic nitrogens is 3. The van der Waals surface area contributed by atoms with Gasteiger partial charge in [0.25, 0.3) is 0 Å². The maximum atomic E-state index is 12.9. The number of carbonyl (C=O) groups excluding carboxylic acids is 1. The first-order chi connectivity index (χ1) is 11.3. The van der Waals surface area contributed by atoms with Gasteiger partial charge in [-0.1, -0.05) is 0 Å². The van der Waals surface area contributed by atoms with E-state index in [4.69, 9.17) is 0 Å². The fraction of sp³-hybridized carbons (Fsp3) is 0.400. The summed E-state index contributed by atoms with van der Waals surface area (Å²) in [5.74, 6) is 0.384. The number of alkyl halides is 3. The van der Waals surface area contributed by atoms with Crippen molar-refractivity contribution in [3.63, 3.8) is 0 Å². The number of urea groups is 1. The summed E-state index contributed by atoms with van der Waals surface area (Å²) < 4.78 is 39.7. The molecule has 3 rings (SSSR count). The molecular formula is C15H16F3N5O. The van der Waals surface area contributed by atoms with E-state index < -0.39 is 17.8 Å². The van der Waals surface area contributed by atoms with Gasteiger partial charge < -0.3 is 5.32 Å². The minimum Gasteiger partial charge on any atom is -0.332 e. The molecule has 1 aliphatic rings. The van der Waals surface area contributed by atoms with Gasteiger partial charge in [0.1, 0.15) is 5.82 Å². The molecule has 128 valence electrons. The number of anilines is 1. The molecule has 0 unspecified atom stereocenters. The average Bonchev–Trinajstić information content (AvgIpc) is 3.10. The number of hydrogen-bond acceptors (Lipinski definition) is 3. The van der Waals surface area contributed by atoms with Crippen molar-refractivity contribution in [1.82, 2.24) is 20.1 Å². The number of aryl methyl sites for hydroxylation is 3. The van der Waals surface area contributed by atoms with Gasteiger partial charge >= 0.3 is 12.2 Å². The summed E-state index contributed by atoms with van der Waals surface area (Å²) >= 11 is 0. The molecule has 2 aromatic rings. The summed E-state index contributed by atoms with van der Waals surface area (Å²) in [6.45, 7) is -0.290. The van der Waals surface area contributed by atoms with Gasteiger partial charge in [0.05, 0.1) is 24.0 Å². The van der Waals surface area contributed by atoms with Crippen molar-refractivity contribution in [2.75, 3.05) is 5.32 Å². The van der Waals surface area contributed by atoms with E-state index in [-0.39, 0.29) is 12.2 Å². The summed E-state index contributed by atoms with van der Waals surface area (Å²) in [4.78, 5) is 16.0. The number of amides is 2. The van der Waals surface area contributed by atoms with Crippen LogP contribution in [0.1, 0.15) is 28.8 Å². The zero-order chi connectivity index (χ0) is 17.3. The van der Waals surface area contributed by atoms with E-state index in [0.717, 1.165) is 35.7 Å². The third kappa shape index (κ3) is 3.34. The van der Waals surface area contributed by atoms with Crippen LogP contribution in [0.2, 0.25) is 0 Å². The number of halogens is 3. The minimum atomic E-state index is -4.51. The van der Waals surface area contributed by atoms with E-state index >= 15 is 0 Å². The molecule has 0 atom stereocenters. The quantitative estimate of drug-likeness (QED) is 0.903. The van der Waals surface area contributed by atoms with Crippen molar-refractivity contribution in [3.8, 4) is 0 Å². The van der Waals surface area contributed by atoms with Crippen molar-refractivity contribution >= 4 is 11.8 Å². The molecule has 0 saturated carbocycles. The van der Waals surface area contributed by atoms with Crippen LogP contribution in [-0.2, 0) is 32.6 Å².